The molecule has 1 heterocycles. The lowest BCUT2D eigenvalue weighted by Crippen LogP contribution is -2.33. The third-order valence-corrected chi connectivity index (χ3v) is 3.55. The highest BCUT2D eigenvalue weighted by Crippen LogP contribution is 2.35. The highest BCUT2D eigenvalue weighted by Gasteiger charge is 2.30. The Morgan fingerprint density at radius 1 is 1.52 bits per heavy atom. The molecule has 0 unspecified atom stereocenters. The van der Waals surface area contributed by atoms with Crippen molar-refractivity contribution in [2.24, 2.45) is 0 Å². The molecule has 1 saturated carbocycles. The van der Waals surface area contributed by atoms with Gasteiger partial charge in [-0.05, 0) is 31.9 Å². The monoisotopic (exact) mass is 291 g/mol. The molecule has 7 heteroatoms. The van der Waals surface area contributed by atoms with Crippen LogP contribution in [0.5, 0.6) is 0 Å². The van der Waals surface area contributed by atoms with Crippen molar-refractivity contribution in [3.8, 4) is 0 Å². The average molecular weight is 291 g/mol. The highest BCUT2D eigenvalue weighted by molar-refractivity contribution is 5.78. The smallest absolute Gasteiger partial charge is 0.405 e. The minimum atomic E-state index is -1.20. The summed E-state index contributed by atoms with van der Waals surface area (Å²) in [5.41, 5.74) is -0.208. The van der Waals surface area contributed by atoms with E-state index in [1.54, 1.807) is 13.0 Å². The number of rotatable bonds is 3. The van der Waals surface area contributed by atoms with Gasteiger partial charge < -0.3 is 10.4 Å². The number of carbonyl (C=O) groups is 1. The van der Waals surface area contributed by atoms with Gasteiger partial charge in [0, 0.05) is 6.04 Å². The molecule has 1 aromatic carbocycles. The SMILES string of the molecule is C[C@H](NC(=O)O)c1nc2cccc(F)c2c(=O)n1C1CC1. The van der Waals surface area contributed by atoms with Crippen LogP contribution in [0.1, 0.15) is 37.7 Å². The Bertz CT molecular complexity index is 783. The molecule has 2 N–H and O–H groups in total. The second kappa shape index (κ2) is 4.83. The maximum Gasteiger partial charge on any atom is 0.405 e. The molecule has 6 nitrogen and oxygen atoms in total. The lowest BCUT2D eigenvalue weighted by Gasteiger charge is -2.18. The minimum Gasteiger partial charge on any atom is -0.465 e. The van der Waals surface area contributed by atoms with Crippen molar-refractivity contribution >= 4 is 17.0 Å². The molecule has 0 bridgehead atoms. The van der Waals surface area contributed by atoms with Gasteiger partial charge in [-0.2, -0.15) is 0 Å². The Morgan fingerprint density at radius 2 is 2.24 bits per heavy atom. The standard InChI is InChI=1S/C14H14FN3O3/c1-7(16-14(20)21)12-17-10-4-2-3-9(15)11(10)13(19)18(12)8-5-6-8/h2-4,7-8,16H,5-6H2,1H3,(H,20,21)/t7-/m0/s1. The van der Waals surface area contributed by atoms with E-state index in [9.17, 15) is 14.0 Å². The van der Waals surface area contributed by atoms with Gasteiger partial charge in [0.1, 0.15) is 17.0 Å². The molecule has 0 spiro atoms. The van der Waals surface area contributed by atoms with Crippen LogP contribution in [0, 0.1) is 5.82 Å². The molecule has 0 saturated heterocycles. The second-order valence-electron chi connectivity index (χ2n) is 5.18. The van der Waals surface area contributed by atoms with Crippen LogP contribution in [-0.2, 0) is 0 Å². The number of hydrogen-bond acceptors (Lipinski definition) is 3. The molecule has 0 radical (unpaired) electrons. The van der Waals surface area contributed by atoms with Gasteiger partial charge in [-0.3, -0.25) is 9.36 Å². The maximum atomic E-state index is 13.9. The van der Waals surface area contributed by atoms with Gasteiger partial charge in [-0.15, -0.1) is 0 Å². The quantitative estimate of drug-likeness (QED) is 0.908. The van der Waals surface area contributed by atoms with E-state index >= 15 is 0 Å². The van der Waals surface area contributed by atoms with E-state index in [-0.39, 0.29) is 16.9 Å². The Balaban J connectivity index is 2.26. The van der Waals surface area contributed by atoms with E-state index in [0.717, 1.165) is 12.8 Å². The van der Waals surface area contributed by atoms with E-state index in [0.29, 0.717) is 5.82 Å². The third kappa shape index (κ3) is 2.35. The first-order chi connectivity index (χ1) is 9.99. The van der Waals surface area contributed by atoms with Crippen LogP contribution in [-0.4, -0.2) is 20.8 Å². The lowest BCUT2D eigenvalue weighted by atomic mass is 10.2. The largest absolute Gasteiger partial charge is 0.465 e. The van der Waals surface area contributed by atoms with Gasteiger partial charge in [0.15, 0.2) is 0 Å². The number of aromatic nitrogens is 2. The summed E-state index contributed by atoms with van der Waals surface area (Å²) in [4.78, 5) is 27.7. The Hall–Kier alpha value is -2.44. The first-order valence-electron chi connectivity index (χ1n) is 6.69. The molecule has 1 aliphatic rings. The molecule has 1 atom stereocenters. The molecule has 1 fully saturated rings. The van der Waals surface area contributed by atoms with Crippen molar-refractivity contribution in [3.63, 3.8) is 0 Å². The van der Waals surface area contributed by atoms with Crippen LogP contribution in [0.3, 0.4) is 0 Å². The van der Waals surface area contributed by atoms with Crippen molar-refractivity contribution in [1.29, 1.82) is 0 Å². The zero-order valence-corrected chi connectivity index (χ0v) is 11.3. The van der Waals surface area contributed by atoms with E-state index in [4.69, 9.17) is 5.11 Å². The van der Waals surface area contributed by atoms with E-state index < -0.39 is 23.5 Å². The van der Waals surface area contributed by atoms with Crippen molar-refractivity contribution in [3.05, 3.63) is 40.2 Å². The van der Waals surface area contributed by atoms with Gasteiger partial charge in [0.05, 0.1) is 11.6 Å². The number of benzene rings is 1. The van der Waals surface area contributed by atoms with Gasteiger partial charge in [0.2, 0.25) is 0 Å². The fourth-order valence-electron chi connectivity index (χ4n) is 2.46. The van der Waals surface area contributed by atoms with Gasteiger partial charge >= 0.3 is 6.09 Å². The summed E-state index contributed by atoms with van der Waals surface area (Å²) in [5.74, 6) is -0.284. The van der Waals surface area contributed by atoms with E-state index in [2.05, 4.69) is 10.3 Å². The summed E-state index contributed by atoms with van der Waals surface area (Å²) in [7, 11) is 0. The molecule has 1 aromatic heterocycles. The number of hydrogen-bond donors (Lipinski definition) is 2. The summed E-state index contributed by atoms with van der Waals surface area (Å²) < 4.78 is 15.3. The third-order valence-electron chi connectivity index (χ3n) is 3.55. The Morgan fingerprint density at radius 3 is 2.86 bits per heavy atom. The molecule has 0 aliphatic heterocycles. The van der Waals surface area contributed by atoms with Crippen LogP contribution in [0.2, 0.25) is 0 Å². The molecular weight excluding hydrogens is 277 g/mol. The molecule has 21 heavy (non-hydrogen) atoms. The number of carboxylic acid groups (broad SMARTS) is 1. The number of amides is 1. The summed E-state index contributed by atoms with van der Waals surface area (Å²) in [6, 6.07) is 3.57. The van der Waals surface area contributed by atoms with Crippen molar-refractivity contribution in [2.75, 3.05) is 0 Å². The molecular formula is C14H14FN3O3. The van der Waals surface area contributed by atoms with E-state index in [1.807, 2.05) is 0 Å². The predicted octanol–water partition coefficient (Wildman–Crippen LogP) is 2.20. The molecule has 3 rings (SSSR count). The second-order valence-corrected chi connectivity index (χ2v) is 5.18. The average Bonchev–Trinajstić information content (AvgIpc) is 3.21. The highest BCUT2D eigenvalue weighted by atomic mass is 19.1. The number of fused-ring (bicyclic) bond motifs is 1. The zero-order chi connectivity index (χ0) is 15.1. The summed E-state index contributed by atoms with van der Waals surface area (Å²) in [6.45, 7) is 1.61. The molecule has 1 aliphatic carbocycles. The van der Waals surface area contributed by atoms with Crippen LogP contribution in [0.4, 0.5) is 9.18 Å². The Labute approximate surface area is 119 Å². The van der Waals surface area contributed by atoms with Crippen LogP contribution >= 0.6 is 0 Å². The van der Waals surface area contributed by atoms with E-state index in [1.165, 1.54) is 16.7 Å². The molecule has 2 aromatic rings. The summed E-state index contributed by atoms with van der Waals surface area (Å²) in [6.07, 6.45) is 0.432. The molecule has 110 valence electrons. The summed E-state index contributed by atoms with van der Waals surface area (Å²) in [5, 5.41) is 11.1. The fourth-order valence-corrected chi connectivity index (χ4v) is 2.46. The fraction of sp³-hybridized carbons (Fsp3) is 0.357. The topological polar surface area (TPSA) is 84.2 Å². The molecule has 1 amide bonds. The Kier molecular flexibility index (Phi) is 3.12. The van der Waals surface area contributed by atoms with Crippen molar-refractivity contribution < 1.29 is 14.3 Å². The van der Waals surface area contributed by atoms with Gasteiger partial charge in [-0.25, -0.2) is 14.2 Å². The predicted molar refractivity (Wildman–Crippen MR) is 73.8 cm³/mol. The number of halogens is 1. The zero-order valence-electron chi connectivity index (χ0n) is 11.3. The lowest BCUT2D eigenvalue weighted by molar-refractivity contribution is 0.190. The van der Waals surface area contributed by atoms with Gasteiger partial charge in [-0.1, -0.05) is 6.07 Å². The van der Waals surface area contributed by atoms with Crippen LogP contribution in [0.15, 0.2) is 23.0 Å². The van der Waals surface area contributed by atoms with Crippen LogP contribution < -0.4 is 10.9 Å². The number of nitrogens with zero attached hydrogens (tertiary/aromatic N) is 2. The van der Waals surface area contributed by atoms with Crippen LogP contribution in [0.25, 0.3) is 10.9 Å². The first kappa shape index (κ1) is 13.5. The normalized spacial score (nSPS) is 15.9. The maximum absolute atomic E-state index is 13.9. The van der Waals surface area contributed by atoms with Crippen molar-refractivity contribution in [2.45, 2.75) is 31.8 Å². The van der Waals surface area contributed by atoms with Gasteiger partial charge in [0.25, 0.3) is 5.56 Å². The van der Waals surface area contributed by atoms with Crippen molar-refractivity contribution in [1.82, 2.24) is 14.9 Å². The summed E-state index contributed by atoms with van der Waals surface area (Å²) >= 11 is 0. The first-order valence-corrected chi connectivity index (χ1v) is 6.69. The minimum absolute atomic E-state index is 0.0259. The number of nitrogens with one attached hydrogen (secondary N) is 1.